The number of fused-ring (bicyclic) bond motifs is 2. The zero-order chi connectivity index (χ0) is 31.2. The van der Waals surface area contributed by atoms with Crippen LogP contribution in [0.2, 0.25) is 0 Å². The Hall–Kier alpha value is -4.38. The average molecular weight is 612 g/mol. The number of aryl methyl sites for hydroxylation is 1. The van der Waals surface area contributed by atoms with E-state index < -0.39 is 0 Å². The number of carbonyl (C=O) groups is 1. The van der Waals surface area contributed by atoms with Crippen LogP contribution in [0.3, 0.4) is 0 Å². The van der Waals surface area contributed by atoms with E-state index in [0.29, 0.717) is 55.3 Å². The molecule has 11 nitrogen and oxygen atoms in total. The largest absolute Gasteiger partial charge is 0.496 e. The molecule has 2 saturated heterocycles. The average Bonchev–Trinajstić information content (AvgIpc) is 3.57. The summed E-state index contributed by atoms with van der Waals surface area (Å²) >= 11 is 0. The summed E-state index contributed by atoms with van der Waals surface area (Å²) in [5, 5.41) is 9.26. The van der Waals surface area contributed by atoms with Gasteiger partial charge in [0.15, 0.2) is 5.75 Å². The van der Waals surface area contributed by atoms with Crippen molar-refractivity contribution < 1.29 is 19.0 Å². The first-order chi connectivity index (χ1) is 21.9. The van der Waals surface area contributed by atoms with Crippen LogP contribution in [0, 0.1) is 6.92 Å². The third-order valence-corrected chi connectivity index (χ3v) is 9.44. The minimum Gasteiger partial charge on any atom is -0.496 e. The number of hydrogen-bond donors (Lipinski definition) is 1. The molecular formula is C34H41N7O4. The van der Waals surface area contributed by atoms with E-state index in [1.807, 2.05) is 23.2 Å². The fraction of sp³-hybridized carbons (Fsp3) is 0.471. The summed E-state index contributed by atoms with van der Waals surface area (Å²) in [6.07, 6.45) is 7.54. The molecule has 3 fully saturated rings. The topological polar surface area (TPSA) is 109 Å². The minimum absolute atomic E-state index is 0.00467. The Labute approximate surface area is 263 Å². The Bertz CT molecular complexity index is 1770. The number of benzene rings is 2. The van der Waals surface area contributed by atoms with Crippen LogP contribution in [0.1, 0.15) is 38.2 Å². The van der Waals surface area contributed by atoms with Crippen molar-refractivity contribution in [3.8, 4) is 28.6 Å². The van der Waals surface area contributed by atoms with Crippen LogP contribution in [0.25, 0.3) is 32.9 Å². The Morgan fingerprint density at radius 1 is 1.13 bits per heavy atom. The van der Waals surface area contributed by atoms with Crippen LogP contribution in [0.5, 0.6) is 17.5 Å². The van der Waals surface area contributed by atoms with E-state index in [0.717, 1.165) is 71.0 Å². The molecule has 2 atom stereocenters. The lowest BCUT2D eigenvalue weighted by Gasteiger charge is -2.40. The lowest BCUT2D eigenvalue weighted by atomic mass is 9.94. The minimum atomic E-state index is -0.0611. The number of ether oxygens (including phenoxy) is 3. The smallest absolute Gasteiger partial charge is 0.319 e. The first kappa shape index (κ1) is 29.3. The van der Waals surface area contributed by atoms with Gasteiger partial charge in [-0.05, 0) is 76.9 Å². The highest BCUT2D eigenvalue weighted by atomic mass is 16.5. The number of nitrogens with zero attached hydrogens (tertiary/aromatic N) is 6. The van der Waals surface area contributed by atoms with Crippen molar-refractivity contribution in [3.05, 3.63) is 42.6 Å². The highest BCUT2D eigenvalue weighted by molar-refractivity contribution is 6.07. The first-order valence-corrected chi connectivity index (χ1v) is 15.9. The number of hydrogen-bond acceptors (Lipinski definition) is 9. The summed E-state index contributed by atoms with van der Waals surface area (Å²) in [6, 6.07) is 6.79. The molecule has 1 aliphatic carbocycles. The zero-order valence-corrected chi connectivity index (χ0v) is 26.5. The molecule has 0 radical (unpaired) electrons. The number of likely N-dealkylation sites (tertiary alicyclic amines) is 1. The lowest BCUT2D eigenvalue weighted by Crippen LogP contribution is -2.53. The van der Waals surface area contributed by atoms with Gasteiger partial charge in [-0.15, -0.1) is 0 Å². The highest BCUT2D eigenvalue weighted by Crippen LogP contribution is 2.50. The molecule has 1 N–H and O–H groups in total. The molecule has 0 bridgehead atoms. The number of aromatic amines is 1. The van der Waals surface area contributed by atoms with Crippen LogP contribution in [-0.2, 0) is 4.79 Å². The van der Waals surface area contributed by atoms with Gasteiger partial charge in [0.2, 0.25) is 5.91 Å². The van der Waals surface area contributed by atoms with Crippen LogP contribution < -0.4 is 19.1 Å². The molecule has 45 heavy (non-hydrogen) atoms. The SMILES string of the molecule is C=CC(=O)N1CCN(c2nc(OCC3CCCN3C)nc3c(OC4CC4)c(-c4c(C)ccc5[nH]ncc45)c(OC)cc23)[C@@H](C)C1. The molecule has 3 aliphatic rings. The van der Waals surface area contributed by atoms with E-state index in [1.54, 1.807) is 7.11 Å². The van der Waals surface area contributed by atoms with Gasteiger partial charge in [-0.3, -0.25) is 9.89 Å². The molecule has 1 unspecified atom stereocenters. The molecule has 2 aliphatic heterocycles. The summed E-state index contributed by atoms with van der Waals surface area (Å²) in [4.78, 5) is 29.0. The number of likely N-dealkylation sites (N-methyl/N-ethyl adjacent to an activating group) is 1. The second-order valence-corrected chi connectivity index (χ2v) is 12.5. The summed E-state index contributed by atoms with van der Waals surface area (Å²) < 4.78 is 19.3. The van der Waals surface area contributed by atoms with Gasteiger partial charge in [0.05, 0.1) is 35.9 Å². The molecule has 1 amide bonds. The second-order valence-electron chi connectivity index (χ2n) is 12.5. The molecule has 2 aromatic carbocycles. The number of carbonyl (C=O) groups excluding carboxylic acids is 1. The predicted molar refractivity (Wildman–Crippen MR) is 174 cm³/mol. The van der Waals surface area contributed by atoms with Gasteiger partial charge >= 0.3 is 6.01 Å². The molecular weight excluding hydrogens is 570 g/mol. The maximum absolute atomic E-state index is 12.5. The third kappa shape index (κ3) is 5.43. The van der Waals surface area contributed by atoms with Crippen molar-refractivity contribution in [2.75, 3.05) is 51.8 Å². The van der Waals surface area contributed by atoms with Crippen LogP contribution in [0.4, 0.5) is 5.82 Å². The van der Waals surface area contributed by atoms with Gasteiger partial charge in [0, 0.05) is 42.7 Å². The van der Waals surface area contributed by atoms with E-state index >= 15 is 0 Å². The number of anilines is 1. The molecule has 1 saturated carbocycles. The van der Waals surface area contributed by atoms with Crippen molar-refractivity contribution in [2.45, 2.75) is 57.7 Å². The molecule has 7 rings (SSSR count). The Morgan fingerprint density at radius 3 is 2.69 bits per heavy atom. The molecule has 4 heterocycles. The zero-order valence-electron chi connectivity index (χ0n) is 26.5. The number of methoxy groups -OCH3 is 1. The summed E-state index contributed by atoms with van der Waals surface area (Å²) in [6.45, 7) is 11.2. The fourth-order valence-electron chi connectivity index (χ4n) is 6.75. The quantitative estimate of drug-likeness (QED) is 0.269. The van der Waals surface area contributed by atoms with Crippen molar-refractivity contribution in [1.29, 1.82) is 0 Å². The number of rotatable bonds is 9. The van der Waals surface area contributed by atoms with Crippen molar-refractivity contribution in [2.24, 2.45) is 0 Å². The van der Waals surface area contributed by atoms with Gasteiger partial charge < -0.3 is 28.9 Å². The van der Waals surface area contributed by atoms with Crippen LogP contribution >= 0.6 is 0 Å². The monoisotopic (exact) mass is 611 g/mol. The van der Waals surface area contributed by atoms with Gasteiger partial charge in [0.1, 0.15) is 23.7 Å². The lowest BCUT2D eigenvalue weighted by molar-refractivity contribution is -0.126. The molecule has 2 aromatic heterocycles. The molecule has 0 spiro atoms. The van der Waals surface area contributed by atoms with Crippen LogP contribution in [0.15, 0.2) is 37.1 Å². The number of nitrogens with one attached hydrogen (secondary N) is 1. The molecule has 236 valence electrons. The van der Waals surface area contributed by atoms with E-state index in [2.05, 4.69) is 53.5 Å². The fourth-order valence-corrected chi connectivity index (χ4v) is 6.75. The standard InChI is InChI=1S/C34H41N7O4/c1-6-28(42)40-14-15-41(21(3)18-40)33-24-16-27(43-5)30(29-20(2)9-12-26-25(29)17-35-38-26)32(45-23-10-11-23)31(24)36-34(37-33)44-19-22-8-7-13-39(22)4/h6,9,12,16-17,21-23H,1,7-8,10-11,13-15,18-19H2,2-5H3,(H,35,38)/t21-,22?/m0/s1. The van der Waals surface area contributed by atoms with Gasteiger partial charge in [0.25, 0.3) is 0 Å². The van der Waals surface area contributed by atoms with Crippen molar-refractivity contribution in [1.82, 2.24) is 30.0 Å². The Balaban J connectivity index is 1.43. The van der Waals surface area contributed by atoms with Crippen molar-refractivity contribution >= 4 is 33.5 Å². The Kier molecular flexibility index (Phi) is 7.72. The van der Waals surface area contributed by atoms with E-state index in [4.69, 9.17) is 24.2 Å². The molecule has 4 aromatic rings. The molecule has 11 heteroatoms. The highest BCUT2D eigenvalue weighted by Gasteiger charge is 2.34. The normalized spacial score (nSPS) is 20.6. The van der Waals surface area contributed by atoms with Crippen molar-refractivity contribution in [3.63, 3.8) is 0 Å². The van der Waals surface area contributed by atoms with Gasteiger partial charge in [-0.25, -0.2) is 0 Å². The van der Waals surface area contributed by atoms with E-state index in [9.17, 15) is 4.79 Å². The van der Waals surface area contributed by atoms with E-state index in [1.165, 1.54) is 6.08 Å². The van der Waals surface area contributed by atoms with Gasteiger partial charge in [-0.2, -0.15) is 15.1 Å². The predicted octanol–water partition coefficient (Wildman–Crippen LogP) is 4.73. The van der Waals surface area contributed by atoms with Gasteiger partial charge in [-0.1, -0.05) is 12.6 Å². The maximum Gasteiger partial charge on any atom is 0.319 e. The summed E-state index contributed by atoms with van der Waals surface area (Å²) in [5.74, 6) is 2.03. The number of piperazine rings is 1. The van der Waals surface area contributed by atoms with E-state index in [-0.39, 0.29) is 18.1 Å². The summed E-state index contributed by atoms with van der Waals surface area (Å²) in [5.41, 5.74) is 4.55. The number of amides is 1. The number of aromatic nitrogens is 4. The second kappa shape index (κ2) is 11.8. The third-order valence-electron chi connectivity index (χ3n) is 9.44. The Morgan fingerprint density at radius 2 is 1.98 bits per heavy atom. The van der Waals surface area contributed by atoms with Crippen LogP contribution in [-0.4, -0.2) is 101 Å². The number of H-pyrrole nitrogens is 1. The summed E-state index contributed by atoms with van der Waals surface area (Å²) in [7, 11) is 3.83. The maximum atomic E-state index is 12.5. The first-order valence-electron chi connectivity index (χ1n) is 15.9.